The Morgan fingerprint density at radius 1 is 1.50 bits per heavy atom. The lowest BCUT2D eigenvalue weighted by atomic mass is 10.0. The van der Waals surface area contributed by atoms with Gasteiger partial charge in [-0.3, -0.25) is 4.79 Å². The van der Waals surface area contributed by atoms with Crippen molar-refractivity contribution in [2.75, 3.05) is 31.1 Å². The van der Waals surface area contributed by atoms with Crippen LogP contribution < -0.4 is 5.32 Å². The largest absolute Gasteiger partial charge is 0.338 e. The Balaban J connectivity index is 1.94. The fourth-order valence-electron chi connectivity index (χ4n) is 2.66. The zero-order valence-electron chi connectivity index (χ0n) is 10.1. The third-order valence-corrected chi connectivity index (χ3v) is 4.78. The van der Waals surface area contributed by atoms with Gasteiger partial charge in [0.05, 0.1) is 0 Å². The number of hydrogen-bond donors (Lipinski definition) is 1. The molecule has 0 aromatic carbocycles. The summed E-state index contributed by atoms with van der Waals surface area (Å²) < 4.78 is 0. The van der Waals surface area contributed by atoms with Gasteiger partial charge in [-0.15, -0.1) is 0 Å². The van der Waals surface area contributed by atoms with E-state index in [4.69, 9.17) is 0 Å². The number of thioether (sulfide) groups is 1. The van der Waals surface area contributed by atoms with Crippen molar-refractivity contribution in [2.45, 2.75) is 32.2 Å². The van der Waals surface area contributed by atoms with Crippen LogP contribution in [-0.4, -0.2) is 48.0 Å². The van der Waals surface area contributed by atoms with Gasteiger partial charge in [0.15, 0.2) is 0 Å². The molecule has 3 nitrogen and oxygen atoms in total. The summed E-state index contributed by atoms with van der Waals surface area (Å²) in [7, 11) is 0. The van der Waals surface area contributed by atoms with Crippen molar-refractivity contribution in [2.24, 2.45) is 5.92 Å². The van der Waals surface area contributed by atoms with Crippen LogP contribution in [0, 0.1) is 5.92 Å². The van der Waals surface area contributed by atoms with E-state index in [1.807, 2.05) is 11.8 Å². The number of carbonyl (C=O) groups is 1. The summed E-state index contributed by atoms with van der Waals surface area (Å²) in [6, 6.07) is 0.442. The Morgan fingerprint density at radius 2 is 2.38 bits per heavy atom. The minimum atomic E-state index is 0.298. The first kappa shape index (κ1) is 12.2. The second-order valence-corrected chi connectivity index (χ2v) is 5.83. The van der Waals surface area contributed by atoms with Gasteiger partial charge >= 0.3 is 0 Å². The first-order chi connectivity index (χ1) is 7.83. The Labute approximate surface area is 102 Å². The molecule has 0 spiro atoms. The number of nitrogens with one attached hydrogen (secondary N) is 1. The van der Waals surface area contributed by atoms with E-state index < -0.39 is 0 Å². The zero-order valence-corrected chi connectivity index (χ0v) is 10.9. The molecule has 0 aliphatic carbocycles. The molecule has 0 saturated carbocycles. The van der Waals surface area contributed by atoms with Crippen molar-refractivity contribution in [1.29, 1.82) is 0 Å². The average molecular weight is 242 g/mol. The van der Waals surface area contributed by atoms with Crippen LogP contribution in [0.1, 0.15) is 26.2 Å². The highest BCUT2D eigenvalue weighted by atomic mass is 32.2. The van der Waals surface area contributed by atoms with Crippen LogP contribution in [0.3, 0.4) is 0 Å². The van der Waals surface area contributed by atoms with Crippen LogP contribution in [0.5, 0.6) is 0 Å². The summed E-state index contributed by atoms with van der Waals surface area (Å²) >= 11 is 1.92. The normalized spacial score (nSPS) is 30.3. The van der Waals surface area contributed by atoms with E-state index in [2.05, 4.69) is 17.1 Å². The van der Waals surface area contributed by atoms with Gasteiger partial charge in [0, 0.05) is 30.8 Å². The Bertz CT molecular complexity index is 235. The molecule has 2 aliphatic heterocycles. The molecule has 0 bridgehead atoms. The SMILES string of the molecule is CCN(C(=O)C1CCSC1)C1CCCNC1. The van der Waals surface area contributed by atoms with Gasteiger partial charge in [-0.1, -0.05) is 0 Å². The quantitative estimate of drug-likeness (QED) is 0.810. The molecule has 16 heavy (non-hydrogen) atoms. The van der Waals surface area contributed by atoms with Gasteiger partial charge in [0.25, 0.3) is 0 Å². The van der Waals surface area contributed by atoms with Gasteiger partial charge in [0.2, 0.25) is 5.91 Å². The highest BCUT2D eigenvalue weighted by Gasteiger charge is 2.31. The van der Waals surface area contributed by atoms with Crippen molar-refractivity contribution >= 4 is 17.7 Å². The molecule has 2 unspecified atom stereocenters. The van der Waals surface area contributed by atoms with E-state index in [-0.39, 0.29) is 0 Å². The molecular formula is C12H22N2OS. The first-order valence-corrected chi connectivity index (χ1v) is 7.57. The molecule has 1 amide bonds. The van der Waals surface area contributed by atoms with E-state index in [1.165, 1.54) is 12.8 Å². The molecule has 0 aromatic rings. The standard InChI is InChI=1S/C12H22N2OS/c1-2-14(11-4-3-6-13-8-11)12(15)10-5-7-16-9-10/h10-11,13H,2-9H2,1H3. The molecule has 2 heterocycles. The van der Waals surface area contributed by atoms with Gasteiger partial charge in [-0.05, 0) is 38.5 Å². The highest BCUT2D eigenvalue weighted by molar-refractivity contribution is 7.99. The fourth-order valence-corrected chi connectivity index (χ4v) is 3.87. The topological polar surface area (TPSA) is 32.3 Å². The molecule has 2 saturated heterocycles. The third kappa shape index (κ3) is 2.72. The molecule has 92 valence electrons. The van der Waals surface area contributed by atoms with Crippen molar-refractivity contribution in [1.82, 2.24) is 10.2 Å². The second-order valence-electron chi connectivity index (χ2n) is 4.68. The molecule has 0 aromatic heterocycles. The van der Waals surface area contributed by atoms with Crippen LogP contribution in [0.25, 0.3) is 0 Å². The molecule has 2 aliphatic rings. The molecule has 2 atom stereocenters. The molecular weight excluding hydrogens is 220 g/mol. The molecule has 1 N–H and O–H groups in total. The molecule has 0 radical (unpaired) electrons. The minimum Gasteiger partial charge on any atom is -0.338 e. The van der Waals surface area contributed by atoms with E-state index in [9.17, 15) is 4.79 Å². The van der Waals surface area contributed by atoms with Crippen molar-refractivity contribution in [3.8, 4) is 0 Å². The summed E-state index contributed by atoms with van der Waals surface area (Å²) in [6.07, 6.45) is 3.46. The minimum absolute atomic E-state index is 0.298. The predicted molar refractivity (Wildman–Crippen MR) is 68.7 cm³/mol. The summed E-state index contributed by atoms with van der Waals surface area (Å²) in [5, 5.41) is 3.40. The lowest BCUT2D eigenvalue weighted by Crippen LogP contribution is -2.50. The number of hydrogen-bond acceptors (Lipinski definition) is 3. The number of carbonyl (C=O) groups excluding carboxylic acids is 1. The third-order valence-electron chi connectivity index (χ3n) is 3.61. The monoisotopic (exact) mass is 242 g/mol. The number of rotatable bonds is 3. The van der Waals surface area contributed by atoms with Crippen LogP contribution in [-0.2, 0) is 4.79 Å². The van der Waals surface area contributed by atoms with Gasteiger partial charge in [-0.25, -0.2) is 0 Å². The maximum atomic E-state index is 12.4. The van der Waals surface area contributed by atoms with Gasteiger partial charge < -0.3 is 10.2 Å². The van der Waals surface area contributed by atoms with E-state index >= 15 is 0 Å². The maximum absolute atomic E-state index is 12.4. The summed E-state index contributed by atoms with van der Waals surface area (Å²) in [4.78, 5) is 14.5. The predicted octanol–water partition coefficient (Wildman–Crippen LogP) is 1.34. The highest BCUT2D eigenvalue weighted by Crippen LogP contribution is 2.26. The Morgan fingerprint density at radius 3 is 2.94 bits per heavy atom. The van der Waals surface area contributed by atoms with Crippen LogP contribution in [0.4, 0.5) is 0 Å². The summed E-state index contributed by atoms with van der Waals surface area (Å²) in [6.45, 7) is 5.07. The summed E-state index contributed by atoms with van der Waals surface area (Å²) in [5.74, 6) is 2.90. The molecule has 2 fully saturated rings. The lowest BCUT2D eigenvalue weighted by molar-refractivity contribution is -0.137. The second kappa shape index (κ2) is 5.92. The molecule has 4 heteroatoms. The van der Waals surface area contributed by atoms with Gasteiger partial charge in [-0.2, -0.15) is 11.8 Å². The number of amides is 1. The summed E-state index contributed by atoms with van der Waals surface area (Å²) in [5.41, 5.74) is 0. The van der Waals surface area contributed by atoms with Crippen LogP contribution in [0.2, 0.25) is 0 Å². The van der Waals surface area contributed by atoms with E-state index in [0.717, 1.165) is 37.6 Å². The number of nitrogens with zero attached hydrogens (tertiary/aromatic N) is 1. The van der Waals surface area contributed by atoms with Crippen molar-refractivity contribution in [3.05, 3.63) is 0 Å². The average Bonchev–Trinajstić information content (AvgIpc) is 2.85. The van der Waals surface area contributed by atoms with E-state index in [1.54, 1.807) is 0 Å². The van der Waals surface area contributed by atoms with E-state index in [0.29, 0.717) is 17.9 Å². The fraction of sp³-hybridized carbons (Fsp3) is 0.917. The van der Waals surface area contributed by atoms with Crippen LogP contribution >= 0.6 is 11.8 Å². The lowest BCUT2D eigenvalue weighted by Gasteiger charge is -2.35. The molecule has 2 rings (SSSR count). The smallest absolute Gasteiger partial charge is 0.226 e. The van der Waals surface area contributed by atoms with Crippen LogP contribution in [0.15, 0.2) is 0 Å². The first-order valence-electron chi connectivity index (χ1n) is 6.42. The van der Waals surface area contributed by atoms with Crippen molar-refractivity contribution in [3.63, 3.8) is 0 Å². The maximum Gasteiger partial charge on any atom is 0.226 e. The van der Waals surface area contributed by atoms with Gasteiger partial charge in [0.1, 0.15) is 0 Å². The number of likely N-dealkylation sites (N-methyl/N-ethyl adjacent to an activating group) is 1. The number of piperidine rings is 1. The van der Waals surface area contributed by atoms with Crippen molar-refractivity contribution < 1.29 is 4.79 Å². The Kier molecular flexibility index (Phi) is 4.53. The zero-order chi connectivity index (χ0) is 11.4. The Hall–Kier alpha value is -0.220.